The number of para-hydroxylation sites is 1. The second-order valence-electron chi connectivity index (χ2n) is 4.51. The zero-order valence-corrected chi connectivity index (χ0v) is 13.0. The summed E-state index contributed by atoms with van der Waals surface area (Å²) in [6.45, 7) is 0. The molecule has 4 nitrogen and oxygen atoms in total. The number of benzene rings is 2. The topological polar surface area (TPSA) is 62.2 Å². The number of anilines is 2. The molecule has 0 bridgehead atoms. The van der Waals surface area contributed by atoms with Crippen molar-refractivity contribution in [2.75, 3.05) is 5.32 Å². The number of halogens is 1. The molecule has 0 aliphatic rings. The van der Waals surface area contributed by atoms with Crippen molar-refractivity contribution < 1.29 is 9.90 Å². The molecule has 3 rings (SSSR count). The number of nitrogens with zero attached hydrogens (tertiary/aromatic N) is 1. The van der Waals surface area contributed by atoms with Crippen LogP contribution in [-0.4, -0.2) is 16.1 Å². The number of hydrogen-bond donors (Lipinski definition) is 2. The number of rotatable bonds is 3. The Labute approximate surface area is 135 Å². The van der Waals surface area contributed by atoms with Crippen LogP contribution in [0.1, 0.15) is 10.5 Å². The molecule has 3 aromatic rings. The van der Waals surface area contributed by atoms with Gasteiger partial charge in [-0.2, -0.15) is 0 Å². The van der Waals surface area contributed by atoms with Crippen LogP contribution in [0.2, 0.25) is 0 Å². The molecular formula is C16H11IN2O2. The minimum atomic E-state index is -1.04. The van der Waals surface area contributed by atoms with E-state index in [-0.39, 0.29) is 5.69 Å². The van der Waals surface area contributed by atoms with Crippen molar-refractivity contribution in [3.63, 3.8) is 0 Å². The van der Waals surface area contributed by atoms with Gasteiger partial charge in [0.15, 0.2) is 5.69 Å². The number of aromatic carboxylic acids is 1. The van der Waals surface area contributed by atoms with Gasteiger partial charge in [0.25, 0.3) is 0 Å². The molecule has 0 radical (unpaired) electrons. The van der Waals surface area contributed by atoms with E-state index in [4.69, 9.17) is 0 Å². The number of nitrogens with one attached hydrogen (secondary N) is 1. The number of hydrogen-bond acceptors (Lipinski definition) is 3. The van der Waals surface area contributed by atoms with E-state index < -0.39 is 5.97 Å². The molecule has 104 valence electrons. The Kier molecular flexibility index (Phi) is 3.74. The van der Waals surface area contributed by atoms with E-state index in [0.29, 0.717) is 5.52 Å². The first-order valence-corrected chi connectivity index (χ1v) is 7.37. The van der Waals surface area contributed by atoms with Crippen molar-refractivity contribution in [2.45, 2.75) is 0 Å². The molecule has 0 saturated carbocycles. The van der Waals surface area contributed by atoms with Crippen LogP contribution in [0.5, 0.6) is 0 Å². The summed E-state index contributed by atoms with van der Waals surface area (Å²) in [6.07, 6.45) is 0. The fourth-order valence-corrected chi connectivity index (χ4v) is 2.44. The second kappa shape index (κ2) is 5.69. The predicted molar refractivity (Wildman–Crippen MR) is 91.1 cm³/mol. The summed E-state index contributed by atoms with van der Waals surface area (Å²) in [4.78, 5) is 15.4. The average molecular weight is 390 g/mol. The molecule has 0 aliphatic heterocycles. The molecule has 2 N–H and O–H groups in total. The Bertz CT molecular complexity index is 816. The number of aromatic nitrogens is 1. The van der Waals surface area contributed by atoms with Gasteiger partial charge in [0.05, 0.1) is 11.2 Å². The zero-order chi connectivity index (χ0) is 14.8. The summed E-state index contributed by atoms with van der Waals surface area (Å²) in [5, 5.41) is 13.3. The Morgan fingerprint density at radius 3 is 2.52 bits per heavy atom. The highest BCUT2D eigenvalue weighted by atomic mass is 127. The maximum atomic E-state index is 11.2. The lowest BCUT2D eigenvalue weighted by Gasteiger charge is -2.11. The summed E-state index contributed by atoms with van der Waals surface area (Å²) in [5.74, 6) is -1.04. The Hall–Kier alpha value is -2.15. The third-order valence-electron chi connectivity index (χ3n) is 3.06. The third-order valence-corrected chi connectivity index (χ3v) is 3.78. The van der Waals surface area contributed by atoms with Crippen molar-refractivity contribution >= 4 is 50.8 Å². The van der Waals surface area contributed by atoms with Crippen LogP contribution in [0.25, 0.3) is 10.9 Å². The Morgan fingerprint density at radius 2 is 1.81 bits per heavy atom. The number of fused-ring (bicyclic) bond motifs is 1. The van der Waals surface area contributed by atoms with Crippen molar-refractivity contribution in [3.05, 3.63) is 63.9 Å². The quantitative estimate of drug-likeness (QED) is 0.656. The van der Waals surface area contributed by atoms with Gasteiger partial charge in [-0.3, -0.25) is 0 Å². The minimum Gasteiger partial charge on any atom is -0.477 e. The molecule has 2 aromatic carbocycles. The van der Waals surface area contributed by atoms with E-state index >= 15 is 0 Å². The van der Waals surface area contributed by atoms with Crippen LogP contribution in [0.4, 0.5) is 11.4 Å². The predicted octanol–water partition coefficient (Wildman–Crippen LogP) is 4.28. The molecule has 21 heavy (non-hydrogen) atoms. The SMILES string of the molecule is O=C(O)c1cc(Nc2ccc(I)cc2)c2ccccc2n1. The number of carboxylic acid groups (broad SMARTS) is 1. The standard InChI is InChI=1S/C16H11IN2O2/c17-10-5-7-11(8-6-10)18-14-9-15(16(20)21)19-13-4-2-1-3-12(13)14/h1-9H,(H,18,19)(H,20,21). The van der Waals surface area contributed by atoms with Crippen LogP contribution in [0.3, 0.4) is 0 Å². The van der Waals surface area contributed by atoms with Gasteiger partial charge in [-0.1, -0.05) is 18.2 Å². The molecule has 1 heterocycles. The zero-order valence-electron chi connectivity index (χ0n) is 10.9. The lowest BCUT2D eigenvalue weighted by molar-refractivity contribution is 0.0691. The van der Waals surface area contributed by atoms with Gasteiger partial charge >= 0.3 is 5.97 Å². The van der Waals surface area contributed by atoms with Crippen LogP contribution >= 0.6 is 22.6 Å². The molecule has 1 aromatic heterocycles. The lowest BCUT2D eigenvalue weighted by Crippen LogP contribution is -2.02. The number of carboxylic acids is 1. The molecular weight excluding hydrogens is 379 g/mol. The minimum absolute atomic E-state index is 0.0294. The van der Waals surface area contributed by atoms with Crippen molar-refractivity contribution in [2.24, 2.45) is 0 Å². The van der Waals surface area contributed by atoms with Crippen LogP contribution in [0.15, 0.2) is 54.6 Å². The first-order chi connectivity index (χ1) is 10.1. The molecule has 0 atom stereocenters. The maximum absolute atomic E-state index is 11.2. The highest BCUT2D eigenvalue weighted by Gasteiger charge is 2.10. The van der Waals surface area contributed by atoms with Gasteiger partial charge in [0.2, 0.25) is 0 Å². The smallest absolute Gasteiger partial charge is 0.354 e. The van der Waals surface area contributed by atoms with Crippen LogP contribution in [0, 0.1) is 3.57 Å². The molecule has 0 saturated heterocycles. The maximum Gasteiger partial charge on any atom is 0.354 e. The summed E-state index contributed by atoms with van der Waals surface area (Å²) < 4.78 is 1.14. The van der Waals surface area contributed by atoms with E-state index in [1.807, 2.05) is 42.5 Å². The highest BCUT2D eigenvalue weighted by molar-refractivity contribution is 14.1. The van der Waals surface area contributed by atoms with Crippen LogP contribution in [-0.2, 0) is 0 Å². The van der Waals surface area contributed by atoms with E-state index in [2.05, 4.69) is 32.9 Å². The molecule has 5 heteroatoms. The first kappa shape index (κ1) is 13.8. The Balaban J connectivity index is 2.11. The fraction of sp³-hybridized carbons (Fsp3) is 0. The molecule has 0 spiro atoms. The van der Waals surface area contributed by atoms with Crippen molar-refractivity contribution in [1.29, 1.82) is 0 Å². The molecule has 0 unspecified atom stereocenters. The monoisotopic (exact) mass is 390 g/mol. The molecule has 0 aliphatic carbocycles. The van der Waals surface area contributed by atoms with Gasteiger partial charge in [0.1, 0.15) is 0 Å². The summed E-state index contributed by atoms with van der Waals surface area (Å²) in [6, 6.07) is 16.9. The third kappa shape index (κ3) is 2.97. The Morgan fingerprint density at radius 1 is 1.10 bits per heavy atom. The highest BCUT2D eigenvalue weighted by Crippen LogP contribution is 2.26. The van der Waals surface area contributed by atoms with Gasteiger partial charge in [-0.15, -0.1) is 0 Å². The fourth-order valence-electron chi connectivity index (χ4n) is 2.08. The van der Waals surface area contributed by atoms with Crippen molar-refractivity contribution in [1.82, 2.24) is 4.98 Å². The molecule has 0 amide bonds. The number of pyridine rings is 1. The van der Waals surface area contributed by atoms with Crippen LogP contribution < -0.4 is 5.32 Å². The summed E-state index contributed by atoms with van der Waals surface area (Å²) in [7, 11) is 0. The van der Waals surface area contributed by atoms with Gasteiger partial charge in [-0.25, -0.2) is 9.78 Å². The van der Waals surface area contributed by atoms with E-state index in [0.717, 1.165) is 20.3 Å². The summed E-state index contributed by atoms with van der Waals surface area (Å²) >= 11 is 2.24. The number of carbonyl (C=O) groups is 1. The van der Waals surface area contributed by atoms with Gasteiger partial charge in [-0.05, 0) is 59.0 Å². The summed E-state index contributed by atoms with van der Waals surface area (Å²) in [5.41, 5.74) is 2.33. The molecule has 0 fully saturated rings. The van der Waals surface area contributed by atoms with E-state index in [9.17, 15) is 9.90 Å². The van der Waals surface area contributed by atoms with E-state index in [1.165, 1.54) is 0 Å². The van der Waals surface area contributed by atoms with Gasteiger partial charge in [0, 0.05) is 14.6 Å². The first-order valence-electron chi connectivity index (χ1n) is 6.29. The van der Waals surface area contributed by atoms with E-state index in [1.54, 1.807) is 12.1 Å². The van der Waals surface area contributed by atoms with Gasteiger partial charge < -0.3 is 10.4 Å². The normalized spacial score (nSPS) is 10.5. The lowest BCUT2D eigenvalue weighted by atomic mass is 10.1. The second-order valence-corrected chi connectivity index (χ2v) is 5.75. The largest absolute Gasteiger partial charge is 0.477 e. The van der Waals surface area contributed by atoms with Crippen molar-refractivity contribution in [3.8, 4) is 0 Å². The average Bonchev–Trinajstić information content (AvgIpc) is 2.49.